The largest absolute Gasteiger partial charge is 0.337 e. The molecule has 68 valence electrons. The van der Waals surface area contributed by atoms with Crippen molar-refractivity contribution in [1.82, 2.24) is 9.21 Å². The first kappa shape index (κ1) is 11.4. The molecule has 0 saturated heterocycles. The molecule has 0 spiro atoms. The van der Waals surface area contributed by atoms with Crippen molar-refractivity contribution < 1.29 is 0 Å². The van der Waals surface area contributed by atoms with Crippen LogP contribution in [0.1, 0.15) is 0 Å². The van der Waals surface area contributed by atoms with Crippen LogP contribution in [0.3, 0.4) is 0 Å². The van der Waals surface area contributed by atoms with Crippen molar-refractivity contribution in [2.24, 2.45) is 0 Å². The second-order valence-electron chi connectivity index (χ2n) is 4.54. The van der Waals surface area contributed by atoms with E-state index < -0.39 is 16.6 Å². The first-order chi connectivity index (χ1) is 4.72. The zero-order valence-corrected chi connectivity index (χ0v) is 10.9. The van der Waals surface area contributed by atoms with E-state index in [1.54, 1.807) is 0 Å². The first-order valence-corrected chi connectivity index (χ1v) is 10.5. The van der Waals surface area contributed by atoms with Crippen LogP contribution < -0.4 is 4.98 Å². The first-order valence-electron chi connectivity index (χ1n) is 4.14. The van der Waals surface area contributed by atoms with Gasteiger partial charge in [-0.1, -0.05) is 19.6 Å². The van der Waals surface area contributed by atoms with Crippen LogP contribution in [0.25, 0.3) is 0 Å². The third kappa shape index (κ3) is 3.07. The van der Waals surface area contributed by atoms with E-state index >= 15 is 0 Å². The minimum absolute atomic E-state index is 1.08. The van der Waals surface area contributed by atoms with Crippen molar-refractivity contribution in [3.8, 4) is 0 Å². The van der Waals surface area contributed by atoms with Gasteiger partial charge in [0.1, 0.15) is 8.24 Å². The Morgan fingerprint density at radius 2 is 1.36 bits per heavy atom. The molecule has 2 nitrogen and oxygen atoms in total. The van der Waals surface area contributed by atoms with E-state index in [0.717, 1.165) is 0 Å². The number of hydrogen-bond donors (Lipinski definition) is 1. The normalized spacial score (nSPS) is 14.2. The lowest BCUT2D eigenvalue weighted by atomic mass is 11.6. The average molecular weight is 190 g/mol. The number of nitrogens with one attached hydrogen (secondary N) is 1. The van der Waals surface area contributed by atoms with E-state index in [0.29, 0.717) is 0 Å². The Kier molecular flexibility index (Phi) is 3.50. The van der Waals surface area contributed by atoms with Gasteiger partial charge in [-0.2, -0.15) is 0 Å². The van der Waals surface area contributed by atoms with Crippen LogP contribution in [-0.2, 0) is 0 Å². The van der Waals surface area contributed by atoms with Gasteiger partial charge in [-0.3, -0.25) is 0 Å². The molecule has 0 atom stereocenters. The van der Waals surface area contributed by atoms with Crippen LogP contribution in [0.15, 0.2) is 0 Å². The third-order valence-electron chi connectivity index (χ3n) is 2.46. The van der Waals surface area contributed by atoms with E-state index in [1.165, 1.54) is 0 Å². The summed E-state index contributed by atoms with van der Waals surface area (Å²) >= 11 is 0. The molecule has 0 aromatic heterocycles. The monoisotopic (exact) mass is 190 g/mol. The third-order valence-corrected chi connectivity index (χ3v) is 11.1. The molecular formula is C7H22N2Si2. The molecule has 0 aromatic carbocycles. The number of rotatable bonds is 3. The van der Waals surface area contributed by atoms with Gasteiger partial charge >= 0.3 is 0 Å². The Morgan fingerprint density at radius 3 is 1.45 bits per heavy atom. The lowest BCUT2D eigenvalue weighted by Crippen LogP contribution is -2.64. The molecule has 0 aliphatic rings. The highest BCUT2D eigenvalue weighted by molar-refractivity contribution is 6.88. The van der Waals surface area contributed by atoms with Gasteiger partial charge < -0.3 is 9.21 Å². The smallest absolute Gasteiger partial charge is 0.190 e. The van der Waals surface area contributed by atoms with E-state index in [-0.39, 0.29) is 0 Å². The highest BCUT2D eigenvalue weighted by Gasteiger charge is 2.33. The Morgan fingerprint density at radius 1 is 1.00 bits per heavy atom. The molecule has 11 heavy (non-hydrogen) atoms. The van der Waals surface area contributed by atoms with Gasteiger partial charge in [0.15, 0.2) is 8.40 Å². The van der Waals surface area contributed by atoms with Crippen LogP contribution in [0.2, 0.25) is 32.7 Å². The molecule has 0 aromatic rings. The molecule has 4 heteroatoms. The highest BCUT2D eigenvalue weighted by Crippen LogP contribution is 2.13. The summed E-state index contributed by atoms with van der Waals surface area (Å²) in [6.07, 6.45) is 0. The SMILES string of the molecule is CN[Si](C)(C)N(C)[Si](C)(C)C. The maximum atomic E-state index is 3.45. The zero-order chi connectivity index (χ0) is 9.28. The van der Waals surface area contributed by atoms with Crippen LogP contribution >= 0.6 is 0 Å². The van der Waals surface area contributed by atoms with Crippen molar-refractivity contribution in [2.45, 2.75) is 32.7 Å². The van der Waals surface area contributed by atoms with Crippen LogP contribution in [0, 0.1) is 0 Å². The van der Waals surface area contributed by atoms with Crippen LogP contribution in [-0.4, -0.2) is 35.0 Å². The van der Waals surface area contributed by atoms with Crippen molar-refractivity contribution in [3.05, 3.63) is 0 Å². The van der Waals surface area contributed by atoms with E-state index in [1.807, 2.05) is 0 Å². The second kappa shape index (κ2) is 3.39. The Balaban J connectivity index is 4.35. The average Bonchev–Trinajstić information content (AvgIpc) is 1.84. The molecule has 0 saturated carbocycles. The van der Waals surface area contributed by atoms with Crippen molar-refractivity contribution in [1.29, 1.82) is 0 Å². The summed E-state index contributed by atoms with van der Waals surface area (Å²) in [7, 11) is 1.98. The topological polar surface area (TPSA) is 15.3 Å². The molecule has 0 bridgehead atoms. The van der Waals surface area contributed by atoms with Gasteiger partial charge in [0.05, 0.1) is 0 Å². The lowest BCUT2D eigenvalue weighted by molar-refractivity contribution is 0.725. The van der Waals surface area contributed by atoms with Gasteiger partial charge in [-0.25, -0.2) is 0 Å². The minimum Gasteiger partial charge on any atom is -0.337 e. The van der Waals surface area contributed by atoms with Gasteiger partial charge in [0.2, 0.25) is 0 Å². The van der Waals surface area contributed by atoms with Crippen LogP contribution in [0.4, 0.5) is 0 Å². The van der Waals surface area contributed by atoms with Crippen molar-refractivity contribution >= 4 is 16.6 Å². The Bertz CT molecular complexity index is 129. The summed E-state index contributed by atoms with van der Waals surface area (Å²) in [6, 6.07) is 0. The van der Waals surface area contributed by atoms with Crippen LogP contribution in [0.5, 0.6) is 0 Å². The molecule has 0 rings (SSSR count). The summed E-state index contributed by atoms with van der Waals surface area (Å²) < 4.78 is 2.60. The molecular weight excluding hydrogens is 168 g/mol. The molecule has 1 N–H and O–H groups in total. The van der Waals surface area contributed by atoms with E-state index in [9.17, 15) is 0 Å². The summed E-state index contributed by atoms with van der Waals surface area (Å²) in [6.45, 7) is 11.9. The minimum atomic E-state index is -1.27. The lowest BCUT2D eigenvalue weighted by Gasteiger charge is -2.41. The fraction of sp³-hybridized carbons (Fsp3) is 1.00. The number of nitrogens with zero attached hydrogens (tertiary/aromatic N) is 1. The summed E-state index contributed by atoms with van der Waals surface area (Å²) in [5.41, 5.74) is 0. The molecule has 0 heterocycles. The highest BCUT2D eigenvalue weighted by atomic mass is 28.4. The number of hydrogen-bond acceptors (Lipinski definition) is 2. The van der Waals surface area contributed by atoms with E-state index in [2.05, 4.69) is 56.0 Å². The van der Waals surface area contributed by atoms with Gasteiger partial charge in [0, 0.05) is 0 Å². The summed E-state index contributed by atoms with van der Waals surface area (Å²) in [5.74, 6) is 0. The molecule has 0 aliphatic heterocycles. The summed E-state index contributed by atoms with van der Waals surface area (Å²) in [4.78, 5) is 3.45. The van der Waals surface area contributed by atoms with Crippen molar-refractivity contribution in [3.63, 3.8) is 0 Å². The molecule has 0 unspecified atom stereocenters. The van der Waals surface area contributed by atoms with Gasteiger partial charge in [-0.15, -0.1) is 0 Å². The maximum absolute atomic E-state index is 3.45. The Labute approximate surface area is 73.2 Å². The van der Waals surface area contributed by atoms with E-state index in [4.69, 9.17) is 0 Å². The second-order valence-corrected chi connectivity index (χ2v) is 14.3. The quantitative estimate of drug-likeness (QED) is 0.681. The molecule has 0 radical (unpaired) electrons. The molecule has 0 amide bonds. The standard InChI is InChI=1S/C7H22N2Si2/c1-8-11(6,7)9(2)10(3,4)5/h8H,1-7H3. The fourth-order valence-electron chi connectivity index (χ4n) is 1.01. The molecule has 0 aliphatic carbocycles. The predicted molar refractivity (Wildman–Crippen MR) is 57.7 cm³/mol. The molecule has 0 fully saturated rings. The maximum Gasteiger partial charge on any atom is 0.190 e. The fourth-order valence-corrected chi connectivity index (χ4v) is 8.39. The van der Waals surface area contributed by atoms with Gasteiger partial charge in [0.25, 0.3) is 0 Å². The Hall–Kier alpha value is 0.354. The summed E-state index contributed by atoms with van der Waals surface area (Å²) in [5, 5.41) is 0. The van der Waals surface area contributed by atoms with Gasteiger partial charge in [-0.05, 0) is 27.2 Å². The van der Waals surface area contributed by atoms with Crippen molar-refractivity contribution in [2.75, 3.05) is 14.1 Å². The zero-order valence-electron chi connectivity index (χ0n) is 8.95. The predicted octanol–water partition coefficient (Wildman–Crippen LogP) is 1.67.